The summed E-state index contributed by atoms with van der Waals surface area (Å²) in [5, 5.41) is 44.7. The van der Waals surface area contributed by atoms with E-state index >= 15 is 0 Å². The molecule has 9 atom stereocenters. The van der Waals surface area contributed by atoms with Crippen LogP contribution < -0.4 is 0 Å². The summed E-state index contributed by atoms with van der Waals surface area (Å²) >= 11 is 0. The molecule has 0 aromatic heterocycles. The van der Waals surface area contributed by atoms with Crippen LogP contribution in [0.5, 0.6) is 0 Å². The standard InChI is InChI=1S/C23H32O7/c1-20-5-3-15-16(4-7-22(28)9-14(25)2-6-21(15,22)12-24)23(20,29)10-17(26)19(20)13-8-18(27)30-11-13/h8,12,14-17,19,25-26,28-29H,2-7,9-11H2,1H3/t14?,15?,16?,17?,19-,20+,21-,22?,23?/m0/s1. The molecule has 30 heavy (non-hydrogen) atoms. The molecule has 0 aromatic rings. The average Bonchev–Trinajstić information content (AvgIpc) is 3.18. The quantitative estimate of drug-likeness (QED) is 0.386. The van der Waals surface area contributed by atoms with Crippen LogP contribution in [0.4, 0.5) is 0 Å². The van der Waals surface area contributed by atoms with Crippen molar-refractivity contribution in [3.63, 3.8) is 0 Å². The van der Waals surface area contributed by atoms with Gasteiger partial charge in [-0.3, -0.25) is 0 Å². The first-order valence-electron chi connectivity index (χ1n) is 11.2. The number of fused-ring (bicyclic) bond motifs is 5. The van der Waals surface area contributed by atoms with Gasteiger partial charge in [0.15, 0.2) is 0 Å². The average molecular weight is 421 g/mol. The molecule has 5 aliphatic rings. The predicted molar refractivity (Wildman–Crippen MR) is 105 cm³/mol. The van der Waals surface area contributed by atoms with E-state index in [2.05, 4.69) is 0 Å². The maximum atomic E-state index is 12.5. The Morgan fingerprint density at radius 3 is 2.47 bits per heavy atom. The lowest BCUT2D eigenvalue weighted by Gasteiger charge is -2.65. The molecule has 0 amide bonds. The molecule has 166 valence electrons. The van der Waals surface area contributed by atoms with E-state index in [1.165, 1.54) is 6.08 Å². The smallest absolute Gasteiger partial charge is 0.331 e. The summed E-state index contributed by atoms with van der Waals surface area (Å²) in [6, 6.07) is 0. The number of ether oxygens (including phenoxy) is 1. The monoisotopic (exact) mass is 420 g/mol. The van der Waals surface area contributed by atoms with Crippen LogP contribution in [0.3, 0.4) is 0 Å². The van der Waals surface area contributed by atoms with Crippen molar-refractivity contribution in [2.45, 2.75) is 81.7 Å². The van der Waals surface area contributed by atoms with Crippen molar-refractivity contribution in [1.29, 1.82) is 0 Å². The number of hydrogen-bond donors (Lipinski definition) is 4. The Balaban J connectivity index is 1.54. The first-order valence-corrected chi connectivity index (χ1v) is 11.2. The minimum Gasteiger partial charge on any atom is -0.458 e. The third-order valence-electron chi connectivity index (χ3n) is 9.81. The third kappa shape index (κ3) is 2.35. The highest BCUT2D eigenvalue weighted by Crippen LogP contribution is 2.70. The van der Waals surface area contributed by atoms with E-state index in [9.17, 15) is 30.0 Å². The number of cyclic esters (lactones) is 1. The molecule has 4 saturated carbocycles. The Morgan fingerprint density at radius 2 is 1.80 bits per heavy atom. The molecule has 0 bridgehead atoms. The van der Waals surface area contributed by atoms with E-state index in [1.54, 1.807) is 0 Å². The van der Waals surface area contributed by atoms with Gasteiger partial charge in [-0.2, -0.15) is 0 Å². The summed E-state index contributed by atoms with van der Waals surface area (Å²) in [5.74, 6) is -1.19. The number of hydrogen-bond acceptors (Lipinski definition) is 7. The fourth-order valence-corrected chi connectivity index (χ4v) is 8.42. The van der Waals surface area contributed by atoms with E-state index in [-0.39, 0.29) is 37.2 Å². The Morgan fingerprint density at radius 1 is 1.07 bits per heavy atom. The van der Waals surface area contributed by atoms with Gasteiger partial charge in [0, 0.05) is 30.3 Å². The first-order chi connectivity index (χ1) is 14.1. The highest BCUT2D eigenvalue weighted by molar-refractivity contribution is 5.85. The lowest BCUT2D eigenvalue weighted by atomic mass is 9.41. The van der Waals surface area contributed by atoms with Crippen LogP contribution >= 0.6 is 0 Å². The van der Waals surface area contributed by atoms with Crippen molar-refractivity contribution in [2.75, 3.05) is 6.61 Å². The molecule has 0 aromatic carbocycles. The summed E-state index contributed by atoms with van der Waals surface area (Å²) in [5.41, 5.74) is -3.31. The summed E-state index contributed by atoms with van der Waals surface area (Å²) in [4.78, 5) is 24.2. The van der Waals surface area contributed by atoms with Crippen LogP contribution in [0.1, 0.15) is 58.3 Å². The van der Waals surface area contributed by atoms with Crippen molar-refractivity contribution >= 4 is 12.3 Å². The van der Waals surface area contributed by atoms with Crippen LogP contribution in [-0.4, -0.2) is 62.7 Å². The molecule has 0 saturated heterocycles. The van der Waals surface area contributed by atoms with Gasteiger partial charge in [0.2, 0.25) is 0 Å². The van der Waals surface area contributed by atoms with Gasteiger partial charge < -0.3 is 30.0 Å². The highest BCUT2D eigenvalue weighted by atomic mass is 16.5. The van der Waals surface area contributed by atoms with Crippen LogP contribution in [0.15, 0.2) is 11.6 Å². The van der Waals surface area contributed by atoms with Crippen LogP contribution in [0, 0.1) is 28.6 Å². The number of carbonyl (C=O) groups is 2. The fraction of sp³-hybridized carbons (Fsp3) is 0.826. The SMILES string of the molecule is C[C@]12CCC3C(CCC4(O)CC(O)CC[C@]34C=O)C1(O)CC(O)[C@@H]2C1=CC(=O)OC1. The number of rotatable bonds is 2. The van der Waals surface area contributed by atoms with E-state index < -0.39 is 40.2 Å². The van der Waals surface area contributed by atoms with Crippen LogP contribution in [0.2, 0.25) is 0 Å². The summed E-state index contributed by atoms with van der Waals surface area (Å²) in [7, 11) is 0. The van der Waals surface area contributed by atoms with Gasteiger partial charge in [-0.25, -0.2) is 4.79 Å². The Labute approximate surface area is 176 Å². The van der Waals surface area contributed by atoms with Crippen molar-refractivity contribution < 1.29 is 34.8 Å². The van der Waals surface area contributed by atoms with Crippen molar-refractivity contribution in [3.8, 4) is 0 Å². The lowest BCUT2D eigenvalue weighted by molar-refractivity contribution is -0.248. The molecule has 1 aliphatic heterocycles. The molecule has 0 radical (unpaired) electrons. The van der Waals surface area contributed by atoms with Gasteiger partial charge in [-0.1, -0.05) is 6.92 Å². The molecule has 7 heteroatoms. The number of aliphatic hydroxyl groups is 4. The Bertz CT molecular complexity index is 809. The van der Waals surface area contributed by atoms with Crippen molar-refractivity contribution in [3.05, 3.63) is 11.6 Å². The summed E-state index contributed by atoms with van der Waals surface area (Å²) < 4.78 is 5.09. The van der Waals surface area contributed by atoms with Gasteiger partial charge in [-0.15, -0.1) is 0 Å². The number of esters is 1. The topological polar surface area (TPSA) is 124 Å². The van der Waals surface area contributed by atoms with Crippen LogP contribution in [-0.2, 0) is 14.3 Å². The molecule has 4 fully saturated rings. The molecule has 5 rings (SSSR count). The third-order valence-corrected chi connectivity index (χ3v) is 9.81. The van der Waals surface area contributed by atoms with Gasteiger partial charge >= 0.3 is 5.97 Å². The number of aldehydes is 1. The number of aliphatic hydroxyl groups excluding tert-OH is 2. The molecular formula is C23H32O7. The zero-order valence-corrected chi connectivity index (χ0v) is 17.4. The molecule has 1 heterocycles. The second-order valence-electron chi connectivity index (χ2n) is 10.8. The molecule has 0 spiro atoms. The van der Waals surface area contributed by atoms with Gasteiger partial charge in [0.05, 0.1) is 28.8 Å². The van der Waals surface area contributed by atoms with E-state index in [4.69, 9.17) is 4.74 Å². The summed E-state index contributed by atoms with van der Waals surface area (Å²) in [6.45, 7) is 2.14. The number of carbonyl (C=O) groups excluding carboxylic acids is 2. The zero-order chi connectivity index (χ0) is 21.5. The van der Waals surface area contributed by atoms with E-state index in [0.717, 1.165) is 11.9 Å². The first kappa shape index (κ1) is 20.6. The highest BCUT2D eigenvalue weighted by Gasteiger charge is 2.73. The largest absolute Gasteiger partial charge is 0.458 e. The summed E-state index contributed by atoms with van der Waals surface area (Å²) in [6.07, 6.45) is 4.37. The van der Waals surface area contributed by atoms with Gasteiger partial charge in [0.1, 0.15) is 12.9 Å². The molecular weight excluding hydrogens is 388 g/mol. The maximum Gasteiger partial charge on any atom is 0.331 e. The minimum absolute atomic E-state index is 0.149. The zero-order valence-electron chi connectivity index (χ0n) is 17.4. The van der Waals surface area contributed by atoms with Crippen molar-refractivity contribution in [1.82, 2.24) is 0 Å². The lowest BCUT2D eigenvalue weighted by Crippen LogP contribution is -2.68. The normalized spacial score (nSPS) is 55.2. The molecule has 7 nitrogen and oxygen atoms in total. The molecule has 4 aliphatic carbocycles. The van der Waals surface area contributed by atoms with Gasteiger partial charge in [0.25, 0.3) is 0 Å². The molecule has 4 N–H and O–H groups in total. The predicted octanol–water partition coefficient (Wildman–Crippen LogP) is 0.869. The van der Waals surface area contributed by atoms with Gasteiger partial charge in [-0.05, 0) is 55.9 Å². The molecule has 6 unspecified atom stereocenters. The van der Waals surface area contributed by atoms with E-state index in [1.807, 2.05) is 6.92 Å². The fourth-order valence-electron chi connectivity index (χ4n) is 8.42. The van der Waals surface area contributed by atoms with Crippen LogP contribution in [0.25, 0.3) is 0 Å². The Hall–Kier alpha value is -1.28. The second-order valence-corrected chi connectivity index (χ2v) is 10.8. The van der Waals surface area contributed by atoms with E-state index in [0.29, 0.717) is 38.5 Å². The minimum atomic E-state index is -1.25. The second kappa shape index (κ2) is 6.37. The van der Waals surface area contributed by atoms with Crippen molar-refractivity contribution in [2.24, 2.45) is 28.6 Å². The Kier molecular flexibility index (Phi) is 4.38. The maximum absolute atomic E-state index is 12.5.